The Bertz CT molecular complexity index is 1550. The molecule has 0 spiro atoms. The fraction of sp³-hybridized carbons (Fsp3) is 0.382. The first-order valence-corrected chi connectivity index (χ1v) is 17.0. The molecule has 0 radical (unpaired) electrons. The van der Waals surface area contributed by atoms with Gasteiger partial charge in [0.1, 0.15) is 21.2 Å². The van der Waals surface area contributed by atoms with E-state index < -0.39 is 14.0 Å². The number of rotatable bonds is 3. The van der Waals surface area contributed by atoms with Gasteiger partial charge in [-0.3, -0.25) is 0 Å². The third-order valence-electron chi connectivity index (χ3n) is 8.71. The second kappa shape index (κ2) is 11.2. The van der Waals surface area contributed by atoms with Gasteiger partial charge in [-0.15, -0.1) is 0 Å². The van der Waals surface area contributed by atoms with Crippen molar-refractivity contribution in [1.29, 1.82) is 0 Å². The normalized spacial score (nSPS) is 18.4. The van der Waals surface area contributed by atoms with Crippen LogP contribution in [0.5, 0.6) is 0 Å². The minimum absolute atomic E-state index is 0. The van der Waals surface area contributed by atoms with Crippen LogP contribution in [0.3, 0.4) is 0 Å². The average Bonchev–Trinajstić information content (AvgIpc) is 2.82. The maximum Gasteiger partial charge on any atom is 0.373 e. The number of hydrogen-bond acceptors (Lipinski definition) is 5. The summed E-state index contributed by atoms with van der Waals surface area (Å²) in [6, 6.07) is 12.7. The van der Waals surface area contributed by atoms with Crippen LogP contribution in [0, 0.1) is 0 Å². The molecule has 0 saturated carbocycles. The Morgan fingerprint density at radius 1 is 0.976 bits per heavy atom. The van der Waals surface area contributed by atoms with Crippen LogP contribution in [0.1, 0.15) is 68.1 Å². The van der Waals surface area contributed by atoms with E-state index >= 15 is 0 Å². The number of carbonyl (C=O) groups is 1. The molecule has 2 aromatic rings. The van der Waals surface area contributed by atoms with Crippen LogP contribution in [-0.4, -0.2) is 56.7 Å². The molecule has 3 aliphatic heterocycles. The lowest BCUT2D eigenvalue weighted by atomic mass is 9.81. The summed E-state index contributed by atoms with van der Waals surface area (Å²) in [5.41, 5.74) is 8.03. The van der Waals surface area contributed by atoms with Gasteiger partial charge in [-0.1, -0.05) is 59.5 Å². The molecule has 2 aromatic carbocycles. The molecular formula is C34H40N2O4Si. The number of fused-ring (bicyclic) bond motifs is 2. The minimum atomic E-state index is -2.07. The third-order valence-corrected chi connectivity index (χ3v) is 12.2. The zero-order chi connectivity index (χ0) is 28.8. The van der Waals surface area contributed by atoms with Gasteiger partial charge in [-0.05, 0) is 74.3 Å². The van der Waals surface area contributed by atoms with E-state index in [0.29, 0.717) is 0 Å². The van der Waals surface area contributed by atoms with Gasteiger partial charge in [-0.2, -0.15) is 9.59 Å². The number of carbonyl (C=O) groups excluding carboxylic acids is 3. The van der Waals surface area contributed by atoms with E-state index in [1.54, 1.807) is 6.07 Å². The Kier molecular flexibility index (Phi) is 8.26. The molecule has 0 amide bonds. The molecule has 0 N–H and O–H groups in total. The van der Waals surface area contributed by atoms with Gasteiger partial charge in [0, 0.05) is 36.5 Å². The molecule has 7 heteroatoms. The molecule has 3 heterocycles. The lowest BCUT2D eigenvalue weighted by molar-refractivity contribution is -0.582. The molecule has 0 aromatic heterocycles. The summed E-state index contributed by atoms with van der Waals surface area (Å²) in [4.78, 5) is 31.1. The highest BCUT2D eigenvalue weighted by atomic mass is 28.3. The lowest BCUT2D eigenvalue weighted by Crippen LogP contribution is -2.50. The molecule has 1 aliphatic carbocycles. The smallest absolute Gasteiger partial charge is 0.373 e. The molecule has 0 bridgehead atoms. The summed E-state index contributed by atoms with van der Waals surface area (Å²) in [6.45, 7) is 15.8. The molecule has 0 atom stereocenters. The second-order valence-electron chi connectivity index (χ2n) is 12.5. The number of anilines is 1. The molecule has 2 fully saturated rings. The number of carboxylic acids is 1. The van der Waals surface area contributed by atoms with Crippen molar-refractivity contribution in [3.63, 3.8) is 0 Å². The highest BCUT2D eigenvalue weighted by Gasteiger charge is 2.41. The first kappa shape index (κ1) is 30.2. The van der Waals surface area contributed by atoms with Crippen molar-refractivity contribution in [1.82, 2.24) is 0 Å². The predicted octanol–water partition coefficient (Wildman–Crippen LogP) is 4.23. The SMILES string of the molecule is C.CC(C)(C)c1ccc(C(=O)[O-])c(C2=C3C=CC(=[N+]4CCC4)C=C3[Si](C)(C)c3cc(N4CCC4)ccc32)c1.O=C=O. The van der Waals surface area contributed by atoms with Gasteiger partial charge >= 0.3 is 6.15 Å². The average molecular weight is 569 g/mol. The number of allylic oxidation sites excluding steroid dienone is 5. The molecule has 0 unspecified atom stereocenters. The topological polar surface area (TPSA) is 80.5 Å². The first-order chi connectivity index (χ1) is 19.0. The Balaban J connectivity index is 0.000000929. The van der Waals surface area contributed by atoms with Crippen molar-refractivity contribution in [2.24, 2.45) is 0 Å². The van der Waals surface area contributed by atoms with E-state index in [1.165, 1.54) is 45.8 Å². The molecular weight excluding hydrogens is 528 g/mol. The molecule has 6 nitrogen and oxygen atoms in total. The van der Waals surface area contributed by atoms with E-state index in [0.717, 1.165) is 42.9 Å². The summed E-state index contributed by atoms with van der Waals surface area (Å²) in [6.07, 6.45) is 9.63. The van der Waals surface area contributed by atoms with Crippen LogP contribution in [-0.2, 0) is 15.0 Å². The van der Waals surface area contributed by atoms with Crippen molar-refractivity contribution in [3.05, 3.63) is 87.6 Å². The summed E-state index contributed by atoms with van der Waals surface area (Å²) in [5.74, 6) is -1.12. The van der Waals surface area contributed by atoms with Crippen LogP contribution < -0.4 is 15.2 Å². The van der Waals surface area contributed by atoms with Crippen molar-refractivity contribution in [2.45, 2.75) is 59.5 Å². The van der Waals surface area contributed by atoms with Crippen LogP contribution in [0.2, 0.25) is 13.1 Å². The van der Waals surface area contributed by atoms with Crippen LogP contribution in [0.25, 0.3) is 5.57 Å². The molecule has 2 saturated heterocycles. The molecule has 4 aliphatic rings. The summed E-state index contributed by atoms with van der Waals surface area (Å²) < 4.78 is 2.45. The Morgan fingerprint density at radius 2 is 1.66 bits per heavy atom. The predicted molar refractivity (Wildman–Crippen MR) is 164 cm³/mol. The standard InChI is InChI=1S/C32H36N2O2Si.CO2.CH4/c1-32(2,3)21-8-11-24(31(35)36)27(18-21)30-25-12-9-22(33-14-6-15-33)19-28(25)37(4,5)29-20-23(10-13-26(29)30)34-16-7-17-34;2-1-3;/h8-13,18-20H,6-7,14-17H2,1-5H3;;1H4. The van der Waals surface area contributed by atoms with Crippen LogP contribution in [0.15, 0.2) is 65.4 Å². The van der Waals surface area contributed by atoms with E-state index in [2.05, 4.69) is 85.8 Å². The maximum atomic E-state index is 12.4. The summed E-state index contributed by atoms with van der Waals surface area (Å²) in [7, 11) is -2.07. The number of benzene rings is 2. The first-order valence-electron chi connectivity index (χ1n) is 14.0. The Morgan fingerprint density at radius 3 is 2.20 bits per heavy atom. The highest BCUT2D eigenvalue weighted by molar-refractivity contribution is 6.98. The lowest BCUT2D eigenvalue weighted by Gasteiger charge is -2.40. The summed E-state index contributed by atoms with van der Waals surface area (Å²) in [5, 5.41) is 15.2. The second-order valence-corrected chi connectivity index (χ2v) is 16.8. The van der Waals surface area contributed by atoms with Gasteiger partial charge in [0.15, 0.2) is 5.71 Å². The number of aromatic carboxylic acids is 1. The van der Waals surface area contributed by atoms with Crippen LogP contribution in [0.4, 0.5) is 5.69 Å². The van der Waals surface area contributed by atoms with Crippen molar-refractivity contribution in [3.8, 4) is 0 Å². The minimum Gasteiger partial charge on any atom is -0.545 e. The molecule has 6 rings (SSSR count). The largest absolute Gasteiger partial charge is 0.545 e. The number of nitrogens with zero attached hydrogens (tertiary/aromatic N) is 2. The van der Waals surface area contributed by atoms with Crippen LogP contribution >= 0.6 is 0 Å². The maximum absolute atomic E-state index is 12.4. The van der Waals surface area contributed by atoms with E-state index in [9.17, 15) is 9.90 Å². The van der Waals surface area contributed by atoms with Gasteiger partial charge in [0.25, 0.3) is 0 Å². The van der Waals surface area contributed by atoms with E-state index in [4.69, 9.17) is 9.59 Å². The Hall–Kier alpha value is -3.80. The third kappa shape index (κ3) is 5.32. The number of hydrogen-bond donors (Lipinski definition) is 0. The van der Waals surface area contributed by atoms with Crippen molar-refractivity contribution in [2.75, 3.05) is 31.1 Å². The van der Waals surface area contributed by atoms with Gasteiger partial charge < -0.3 is 14.8 Å². The fourth-order valence-corrected chi connectivity index (χ4v) is 9.12. The quantitative estimate of drug-likeness (QED) is 0.409. The van der Waals surface area contributed by atoms with Crippen molar-refractivity contribution < 1.29 is 24.1 Å². The van der Waals surface area contributed by atoms with E-state index in [-0.39, 0.29) is 24.6 Å². The zero-order valence-corrected chi connectivity index (χ0v) is 25.0. The summed E-state index contributed by atoms with van der Waals surface area (Å²) >= 11 is 0. The monoisotopic (exact) mass is 568 g/mol. The number of carboxylic acid groups (broad SMARTS) is 1. The Labute approximate surface area is 244 Å². The van der Waals surface area contributed by atoms with Gasteiger partial charge in [-0.25, -0.2) is 4.58 Å². The van der Waals surface area contributed by atoms with Crippen molar-refractivity contribution >= 4 is 42.4 Å². The molecule has 41 heavy (non-hydrogen) atoms. The highest BCUT2D eigenvalue weighted by Crippen LogP contribution is 2.43. The molecule has 214 valence electrons. The van der Waals surface area contributed by atoms with Gasteiger partial charge in [0.2, 0.25) is 0 Å². The zero-order valence-electron chi connectivity index (χ0n) is 24.0. The fourth-order valence-electron chi connectivity index (χ4n) is 6.05. The van der Waals surface area contributed by atoms with Gasteiger partial charge in [0.05, 0.1) is 12.4 Å². The van der Waals surface area contributed by atoms with E-state index in [1.807, 2.05) is 6.07 Å².